The number of nitriles is 1. The SMILES string of the molecule is N#CC[C@@H](OC(=O)c1ccc(Cl)cc1)c1ccccc1Cl. The maximum absolute atomic E-state index is 12.1. The molecule has 0 radical (unpaired) electrons. The van der Waals surface area contributed by atoms with Crippen molar-refractivity contribution in [1.82, 2.24) is 0 Å². The molecule has 2 aromatic carbocycles. The number of rotatable bonds is 4. The van der Waals surface area contributed by atoms with E-state index in [1.54, 1.807) is 48.5 Å². The van der Waals surface area contributed by atoms with Crippen LogP contribution >= 0.6 is 23.2 Å². The minimum atomic E-state index is -0.702. The first-order chi connectivity index (χ1) is 10.1. The maximum atomic E-state index is 12.1. The molecule has 5 heteroatoms. The summed E-state index contributed by atoms with van der Waals surface area (Å²) in [5.41, 5.74) is 0.984. The predicted molar refractivity (Wildman–Crippen MR) is 81.3 cm³/mol. The molecule has 21 heavy (non-hydrogen) atoms. The zero-order valence-electron chi connectivity index (χ0n) is 10.9. The second-order valence-corrected chi connectivity index (χ2v) is 5.13. The standard InChI is InChI=1S/C16H11Cl2NO2/c17-12-7-5-11(6-8-12)16(20)21-15(9-10-19)13-3-1-2-4-14(13)18/h1-8,15H,9H2/t15-/m1/s1. The summed E-state index contributed by atoms with van der Waals surface area (Å²) in [4.78, 5) is 12.1. The molecule has 106 valence electrons. The van der Waals surface area contributed by atoms with E-state index in [-0.39, 0.29) is 6.42 Å². The molecule has 0 aliphatic heterocycles. The van der Waals surface area contributed by atoms with E-state index in [4.69, 9.17) is 33.2 Å². The van der Waals surface area contributed by atoms with Crippen LogP contribution in [-0.2, 0) is 4.74 Å². The van der Waals surface area contributed by atoms with Crippen molar-refractivity contribution < 1.29 is 9.53 Å². The van der Waals surface area contributed by atoms with E-state index in [1.807, 2.05) is 6.07 Å². The molecule has 0 saturated carbocycles. The van der Waals surface area contributed by atoms with Gasteiger partial charge in [0.15, 0.2) is 0 Å². The van der Waals surface area contributed by atoms with Gasteiger partial charge >= 0.3 is 5.97 Å². The average molecular weight is 320 g/mol. The van der Waals surface area contributed by atoms with Crippen molar-refractivity contribution in [2.75, 3.05) is 0 Å². The number of hydrogen-bond donors (Lipinski definition) is 0. The second kappa shape index (κ2) is 7.12. The maximum Gasteiger partial charge on any atom is 0.338 e. The minimum absolute atomic E-state index is 0.0308. The summed E-state index contributed by atoms with van der Waals surface area (Å²) in [6.45, 7) is 0. The lowest BCUT2D eigenvalue weighted by Gasteiger charge is -2.16. The van der Waals surface area contributed by atoms with Crippen LogP contribution in [0.1, 0.15) is 28.4 Å². The number of carbonyl (C=O) groups is 1. The molecule has 0 bridgehead atoms. The summed E-state index contributed by atoms with van der Waals surface area (Å²) in [5.74, 6) is -0.521. The molecule has 1 atom stereocenters. The molecule has 0 aliphatic rings. The van der Waals surface area contributed by atoms with Crippen LogP contribution in [0.15, 0.2) is 48.5 Å². The Balaban J connectivity index is 2.21. The van der Waals surface area contributed by atoms with Crippen LogP contribution in [0.25, 0.3) is 0 Å². The van der Waals surface area contributed by atoms with E-state index in [1.165, 1.54) is 0 Å². The van der Waals surface area contributed by atoms with E-state index in [9.17, 15) is 4.79 Å². The van der Waals surface area contributed by atoms with Crippen LogP contribution in [0.3, 0.4) is 0 Å². The van der Waals surface area contributed by atoms with Gasteiger partial charge in [-0.1, -0.05) is 41.4 Å². The van der Waals surface area contributed by atoms with Gasteiger partial charge in [0.05, 0.1) is 18.1 Å². The molecule has 0 aromatic heterocycles. The molecule has 0 spiro atoms. The first-order valence-corrected chi connectivity index (χ1v) is 6.95. The molecule has 0 N–H and O–H groups in total. The molecule has 2 aromatic rings. The zero-order valence-corrected chi connectivity index (χ0v) is 12.4. The number of esters is 1. The van der Waals surface area contributed by atoms with Gasteiger partial charge in [0.25, 0.3) is 0 Å². The molecule has 0 saturated heterocycles. The zero-order chi connectivity index (χ0) is 15.2. The highest BCUT2D eigenvalue weighted by Crippen LogP contribution is 2.28. The Bertz CT molecular complexity index is 677. The molecular weight excluding hydrogens is 309 g/mol. The molecule has 0 heterocycles. The van der Waals surface area contributed by atoms with Crippen LogP contribution in [-0.4, -0.2) is 5.97 Å². The largest absolute Gasteiger partial charge is 0.453 e. The fraction of sp³-hybridized carbons (Fsp3) is 0.125. The summed E-state index contributed by atoms with van der Waals surface area (Å²) in [5, 5.41) is 9.90. The van der Waals surface area contributed by atoms with Gasteiger partial charge in [-0.3, -0.25) is 0 Å². The molecule has 2 rings (SSSR count). The van der Waals surface area contributed by atoms with Crippen LogP contribution in [0, 0.1) is 11.3 Å². The lowest BCUT2D eigenvalue weighted by Crippen LogP contribution is -2.12. The third kappa shape index (κ3) is 3.98. The summed E-state index contributed by atoms with van der Waals surface area (Å²) in [6.07, 6.45) is -0.671. The fourth-order valence-electron chi connectivity index (χ4n) is 1.82. The highest BCUT2D eigenvalue weighted by molar-refractivity contribution is 6.31. The lowest BCUT2D eigenvalue weighted by molar-refractivity contribution is 0.0307. The Kier molecular flexibility index (Phi) is 5.21. The Hall–Kier alpha value is -2.02. The third-order valence-corrected chi connectivity index (χ3v) is 3.45. The van der Waals surface area contributed by atoms with E-state index in [0.29, 0.717) is 21.2 Å². The molecule has 0 unspecified atom stereocenters. The molecule has 0 fully saturated rings. The van der Waals surface area contributed by atoms with Gasteiger partial charge in [0.2, 0.25) is 0 Å². The normalized spacial score (nSPS) is 11.5. The van der Waals surface area contributed by atoms with Crippen LogP contribution in [0.4, 0.5) is 0 Å². The Morgan fingerprint density at radius 3 is 2.43 bits per heavy atom. The number of ether oxygens (including phenoxy) is 1. The smallest absolute Gasteiger partial charge is 0.338 e. The van der Waals surface area contributed by atoms with Crippen LogP contribution in [0.5, 0.6) is 0 Å². The average Bonchev–Trinajstić information content (AvgIpc) is 2.48. The molecule has 3 nitrogen and oxygen atoms in total. The van der Waals surface area contributed by atoms with Gasteiger partial charge in [-0.2, -0.15) is 5.26 Å². The van der Waals surface area contributed by atoms with Crippen molar-refractivity contribution in [3.05, 3.63) is 69.7 Å². The van der Waals surface area contributed by atoms with Gasteiger partial charge in [-0.15, -0.1) is 0 Å². The van der Waals surface area contributed by atoms with Gasteiger partial charge in [0.1, 0.15) is 6.10 Å². The van der Waals surface area contributed by atoms with Crippen molar-refractivity contribution in [1.29, 1.82) is 5.26 Å². The Labute approximate surface area is 132 Å². The van der Waals surface area contributed by atoms with E-state index in [2.05, 4.69) is 0 Å². The fourth-order valence-corrected chi connectivity index (χ4v) is 2.20. The molecule has 0 amide bonds. The van der Waals surface area contributed by atoms with Crippen molar-refractivity contribution in [2.45, 2.75) is 12.5 Å². The number of benzene rings is 2. The quantitative estimate of drug-likeness (QED) is 0.760. The van der Waals surface area contributed by atoms with Gasteiger partial charge < -0.3 is 4.74 Å². The summed E-state index contributed by atoms with van der Waals surface area (Å²) >= 11 is 11.9. The summed E-state index contributed by atoms with van der Waals surface area (Å²) in [7, 11) is 0. The molecular formula is C16H11Cl2NO2. The summed E-state index contributed by atoms with van der Waals surface area (Å²) in [6, 6.07) is 15.3. The van der Waals surface area contributed by atoms with E-state index < -0.39 is 12.1 Å². The lowest BCUT2D eigenvalue weighted by atomic mass is 10.1. The molecule has 0 aliphatic carbocycles. The highest BCUT2D eigenvalue weighted by Gasteiger charge is 2.20. The number of carbonyl (C=O) groups excluding carboxylic acids is 1. The van der Waals surface area contributed by atoms with Crippen LogP contribution < -0.4 is 0 Å². The first-order valence-electron chi connectivity index (χ1n) is 6.19. The summed E-state index contributed by atoms with van der Waals surface area (Å²) < 4.78 is 5.39. The second-order valence-electron chi connectivity index (χ2n) is 4.28. The third-order valence-electron chi connectivity index (χ3n) is 2.86. The van der Waals surface area contributed by atoms with Gasteiger partial charge in [0, 0.05) is 15.6 Å². The number of hydrogen-bond acceptors (Lipinski definition) is 3. The van der Waals surface area contributed by atoms with E-state index >= 15 is 0 Å². The minimum Gasteiger partial charge on any atom is -0.453 e. The Morgan fingerprint density at radius 2 is 1.81 bits per heavy atom. The first kappa shape index (κ1) is 15.4. The number of nitrogens with zero attached hydrogens (tertiary/aromatic N) is 1. The highest BCUT2D eigenvalue weighted by atomic mass is 35.5. The van der Waals surface area contributed by atoms with Crippen molar-refractivity contribution in [3.63, 3.8) is 0 Å². The Morgan fingerprint density at radius 1 is 1.14 bits per heavy atom. The van der Waals surface area contributed by atoms with Crippen molar-refractivity contribution in [3.8, 4) is 6.07 Å². The van der Waals surface area contributed by atoms with Crippen molar-refractivity contribution >= 4 is 29.2 Å². The monoisotopic (exact) mass is 319 g/mol. The number of halogens is 2. The topological polar surface area (TPSA) is 50.1 Å². The van der Waals surface area contributed by atoms with Crippen LogP contribution in [0.2, 0.25) is 10.0 Å². The van der Waals surface area contributed by atoms with Gasteiger partial charge in [-0.25, -0.2) is 4.79 Å². The van der Waals surface area contributed by atoms with Gasteiger partial charge in [-0.05, 0) is 30.3 Å². The van der Waals surface area contributed by atoms with Crippen molar-refractivity contribution in [2.24, 2.45) is 0 Å². The van der Waals surface area contributed by atoms with E-state index in [0.717, 1.165) is 0 Å². The predicted octanol–water partition coefficient (Wildman–Crippen LogP) is 4.81.